The molecule has 0 bridgehead atoms. The summed E-state index contributed by atoms with van der Waals surface area (Å²) in [7, 11) is 3.00. The van der Waals surface area contributed by atoms with Crippen molar-refractivity contribution in [3.05, 3.63) is 47.5 Å². The van der Waals surface area contributed by atoms with Gasteiger partial charge >= 0.3 is 0 Å². The molecule has 0 radical (unpaired) electrons. The molecular formula is C23H24N2O6S. The van der Waals surface area contributed by atoms with Crippen molar-refractivity contribution in [2.75, 3.05) is 32.3 Å². The average Bonchev–Trinajstić information content (AvgIpc) is 2.78. The fourth-order valence-corrected chi connectivity index (χ4v) is 3.44. The Morgan fingerprint density at radius 3 is 2.31 bits per heavy atom. The van der Waals surface area contributed by atoms with E-state index in [0.29, 0.717) is 47.5 Å². The molecule has 1 heterocycles. The fourth-order valence-electron chi connectivity index (χ4n) is 3.17. The molecule has 168 valence electrons. The smallest absolute Gasteiger partial charge is 0.270 e. The Balaban J connectivity index is 2.02. The summed E-state index contributed by atoms with van der Waals surface area (Å²) in [4.78, 5) is 27.2. The van der Waals surface area contributed by atoms with Gasteiger partial charge in [-0.05, 0) is 62.0 Å². The summed E-state index contributed by atoms with van der Waals surface area (Å²) in [5.74, 6) is 0.872. The van der Waals surface area contributed by atoms with E-state index in [1.54, 1.807) is 36.4 Å². The minimum absolute atomic E-state index is 0.0395. The molecule has 1 aliphatic rings. The van der Waals surface area contributed by atoms with E-state index in [9.17, 15) is 9.59 Å². The second-order valence-electron chi connectivity index (χ2n) is 6.57. The van der Waals surface area contributed by atoms with Crippen molar-refractivity contribution in [3.8, 4) is 23.0 Å². The Bertz CT molecular complexity index is 1080. The van der Waals surface area contributed by atoms with Gasteiger partial charge in [0.05, 0.1) is 33.1 Å². The summed E-state index contributed by atoms with van der Waals surface area (Å²) in [6, 6.07) is 10.1. The number of rotatable bonds is 8. The Hall–Kier alpha value is -3.59. The maximum atomic E-state index is 13.3. The average molecular weight is 457 g/mol. The molecular weight excluding hydrogens is 432 g/mol. The van der Waals surface area contributed by atoms with Crippen LogP contribution in [-0.2, 0) is 9.59 Å². The molecule has 2 aromatic rings. The third-order valence-electron chi connectivity index (χ3n) is 4.61. The zero-order valence-electron chi connectivity index (χ0n) is 18.3. The fraction of sp³-hybridized carbons (Fsp3) is 0.261. The van der Waals surface area contributed by atoms with Gasteiger partial charge in [-0.15, -0.1) is 0 Å². The number of carbonyl (C=O) groups excluding carboxylic acids is 2. The lowest BCUT2D eigenvalue weighted by Crippen LogP contribution is -2.54. The van der Waals surface area contributed by atoms with Crippen molar-refractivity contribution in [1.29, 1.82) is 0 Å². The van der Waals surface area contributed by atoms with Gasteiger partial charge in [0.25, 0.3) is 11.8 Å². The maximum Gasteiger partial charge on any atom is 0.270 e. The number of hydrogen-bond acceptors (Lipinski definition) is 7. The first-order valence-corrected chi connectivity index (χ1v) is 10.4. The number of benzene rings is 2. The van der Waals surface area contributed by atoms with Crippen LogP contribution in [0.1, 0.15) is 19.4 Å². The molecule has 1 aliphatic heterocycles. The van der Waals surface area contributed by atoms with Gasteiger partial charge in [-0.25, -0.2) is 4.90 Å². The summed E-state index contributed by atoms with van der Waals surface area (Å²) < 4.78 is 21.8. The molecule has 0 aliphatic carbocycles. The van der Waals surface area contributed by atoms with E-state index in [0.717, 1.165) is 0 Å². The number of methoxy groups -OCH3 is 2. The van der Waals surface area contributed by atoms with Crippen molar-refractivity contribution in [3.63, 3.8) is 0 Å². The van der Waals surface area contributed by atoms with Crippen LogP contribution in [0.25, 0.3) is 6.08 Å². The van der Waals surface area contributed by atoms with Crippen molar-refractivity contribution in [1.82, 2.24) is 5.32 Å². The SMILES string of the molecule is CCOc1ccc(/C=C2\C(=O)NC(=S)N(c3ccc(OC)cc3OC)C2=O)cc1OCC. The third-order valence-corrected chi connectivity index (χ3v) is 4.89. The molecule has 0 atom stereocenters. The predicted molar refractivity (Wildman–Crippen MR) is 125 cm³/mol. The number of nitrogens with one attached hydrogen (secondary N) is 1. The standard InChI is InChI=1S/C23H24N2O6S/c1-5-30-18-10-7-14(12-20(18)31-6-2)11-16-21(26)24-23(32)25(22(16)27)17-9-8-15(28-3)13-19(17)29-4/h7-13H,5-6H2,1-4H3,(H,24,26,32)/b16-11+. The second-order valence-corrected chi connectivity index (χ2v) is 6.95. The molecule has 0 unspecified atom stereocenters. The van der Waals surface area contributed by atoms with Gasteiger partial charge in [0.2, 0.25) is 0 Å². The Labute approximate surface area is 191 Å². The van der Waals surface area contributed by atoms with Crippen LogP contribution in [0.15, 0.2) is 42.0 Å². The molecule has 1 N–H and O–H groups in total. The highest BCUT2D eigenvalue weighted by atomic mass is 32.1. The van der Waals surface area contributed by atoms with Crippen LogP contribution in [0, 0.1) is 0 Å². The van der Waals surface area contributed by atoms with E-state index in [1.165, 1.54) is 25.2 Å². The predicted octanol–water partition coefficient (Wildman–Crippen LogP) is 3.33. The molecule has 0 aromatic heterocycles. The summed E-state index contributed by atoms with van der Waals surface area (Å²) in [5, 5.41) is 2.53. The maximum absolute atomic E-state index is 13.3. The van der Waals surface area contributed by atoms with Gasteiger partial charge in [0, 0.05) is 6.07 Å². The lowest BCUT2D eigenvalue weighted by molar-refractivity contribution is -0.122. The van der Waals surface area contributed by atoms with Gasteiger partial charge in [-0.3, -0.25) is 14.9 Å². The zero-order valence-corrected chi connectivity index (χ0v) is 19.1. The highest BCUT2D eigenvalue weighted by Gasteiger charge is 2.36. The van der Waals surface area contributed by atoms with Gasteiger partial charge in [0.15, 0.2) is 16.6 Å². The summed E-state index contributed by atoms with van der Waals surface area (Å²) in [5.41, 5.74) is 0.906. The topological polar surface area (TPSA) is 86.3 Å². The van der Waals surface area contributed by atoms with Crippen molar-refractivity contribution >= 4 is 40.9 Å². The van der Waals surface area contributed by atoms with Crippen LogP contribution in [0.5, 0.6) is 23.0 Å². The molecule has 8 nitrogen and oxygen atoms in total. The summed E-state index contributed by atoms with van der Waals surface area (Å²) in [6.07, 6.45) is 1.49. The first kappa shape index (κ1) is 23.1. The monoisotopic (exact) mass is 456 g/mol. The number of nitrogens with zero attached hydrogens (tertiary/aromatic N) is 1. The number of ether oxygens (including phenoxy) is 4. The van der Waals surface area contributed by atoms with Crippen molar-refractivity contribution < 1.29 is 28.5 Å². The second kappa shape index (κ2) is 10.1. The van der Waals surface area contributed by atoms with Crippen LogP contribution in [0.3, 0.4) is 0 Å². The Kier molecular flexibility index (Phi) is 7.32. The molecule has 1 saturated heterocycles. The zero-order chi connectivity index (χ0) is 23.3. The molecule has 3 rings (SSSR count). The first-order valence-electron chi connectivity index (χ1n) is 9.96. The Morgan fingerprint density at radius 1 is 0.938 bits per heavy atom. The van der Waals surface area contributed by atoms with Crippen LogP contribution >= 0.6 is 12.2 Å². The Morgan fingerprint density at radius 2 is 1.66 bits per heavy atom. The van der Waals surface area contributed by atoms with Gasteiger partial charge in [-0.1, -0.05) is 6.07 Å². The normalized spacial score (nSPS) is 14.9. The van der Waals surface area contributed by atoms with Gasteiger partial charge in [-0.2, -0.15) is 0 Å². The van der Waals surface area contributed by atoms with Crippen molar-refractivity contribution in [2.24, 2.45) is 0 Å². The van der Waals surface area contributed by atoms with E-state index in [1.807, 2.05) is 13.8 Å². The largest absolute Gasteiger partial charge is 0.497 e. The lowest BCUT2D eigenvalue weighted by Gasteiger charge is -2.30. The molecule has 0 spiro atoms. The number of thiocarbonyl (C=S) groups is 1. The minimum atomic E-state index is -0.587. The third kappa shape index (κ3) is 4.67. The van der Waals surface area contributed by atoms with Gasteiger partial charge in [0.1, 0.15) is 17.1 Å². The van der Waals surface area contributed by atoms with Crippen molar-refractivity contribution in [2.45, 2.75) is 13.8 Å². The van der Waals surface area contributed by atoms with E-state index >= 15 is 0 Å². The molecule has 1 fully saturated rings. The quantitative estimate of drug-likeness (QED) is 0.370. The number of anilines is 1. The number of hydrogen-bond donors (Lipinski definition) is 1. The molecule has 9 heteroatoms. The number of carbonyl (C=O) groups is 2. The van der Waals surface area contributed by atoms with Crippen LogP contribution in [0.4, 0.5) is 5.69 Å². The van der Waals surface area contributed by atoms with E-state index in [2.05, 4.69) is 5.32 Å². The molecule has 0 saturated carbocycles. The summed E-state index contributed by atoms with van der Waals surface area (Å²) in [6.45, 7) is 4.66. The summed E-state index contributed by atoms with van der Waals surface area (Å²) >= 11 is 5.27. The van der Waals surface area contributed by atoms with E-state index in [-0.39, 0.29) is 10.7 Å². The van der Waals surface area contributed by atoms with Crippen LogP contribution in [0.2, 0.25) is 0 Å². The highest BCUT2D eigenvalue weighted by molar-refractivity contribution is 7.80. The lowest BCUT2D eigenvalue weighted by atomic mass is 10.1. The first-order chi connectivity index (χ1) is 15.4. The van der Waals surface area contributed by atoms with Gasteiger partial charge < -0.3 is 18.9 Å². The van der Waals surface area contributed by atoms with E-state index in [4.69, 9.17) is 31.2 Å². The number of amides is 2. The molecule has 2 aromatic carbocycles. The van der Waals surface area contributed by atoms with E-state index < -0.39 is 11.8 Å². The minimum Gasteiger partial charge on any atom is -0.497 e. The van der Waals surface area contributed by atoms with Crippen LogP contribution < -0.4 is 29.2 Å². The van der Waals surface area contributed by atoms with Crippen LogP contribution in [-0.4, -0.2) is 44.4 Å². The molecule has 2 amide bonds. The molecule has 32 heavy (non-hydrogen) atoms. The highest BCUT2D eigenvalue weighted by Crippen LogP contribution is 2.35.